The first-order chi connectivity index (χ1) is 14.0. The van der Waals surface area contributed by atoms with E-state index in [4.69, 9.17) is 5.26 Å². The fourth-order valence-electron chi connectivity index (χ4n) is 5.11. The second-order valence-electron chi connectivity index (χ2n) is 8.81. The quantitative estimate of drug-likeness (QED) is 0.823. The third-order valence-corrected chi connectivity index (χ3v) is 6.87. The maximum Gasteiger partial charge on any atom is 0.243 e. The molecule has 6 heteroatoms. The van der Waals surface area contributed by atoms with Gasteiger partial charge in [-0.1, -0.05) is 18.9 Å². The number of nitrogens with zero attached hydrogens (tertiary/aromatic N) is 2. The molecule has 3 aliphatic rings. The molecule has 0 bridgehead atoms. The Hall–Kier alpha value is -2.55. The van der Waals surface area contributed by atoms with Crippen molar-refractivity contribution in [2.75, 3.05) is 0 Å². The van der Waals surface area contributed by atoms with Crippen molar-refractivity contribution in [1.29, 1.82) is 5.26 Å². The van der Waals surface area contributed by atoms with Crippen molar-refractivity contribution in [1.82, 2.24) is 10.2 Å². The lowest BCUT2D eigenvalue weighted by molar-refractivity contribution is -0.145. The summed E-state index contributed by atoms with van der Waals surface area (Å²) in [5.41, 5.74) is 1.95. The lowest BCUT2D eigenvalue weighted by atomic mass is 9.86. The van der Waals surface area contributed by atoms with Crippen LogP contribution >= 0.6 is 0 Å². The van der Waals surface area contributed by atoms with Gasteiger partial charge in [-0.15, -0.1) is 0 Å². The van der Waals surface area contributed by atoms with Gasteiger partial charge in [0.05, 0.1) is 6.07 Å². The summed E-state index contributed by atoms with van der Waals surface area (Å²) in [7, 11) is 0. The van der Waals surface area contributed by atoms with Crippen LogP contribution in [-0.2, 0) is 22.6 Å². The summed E-state index contributed by atoms with van der Waals surface area (Å²) in [6.07, 6.45) is 7.65. The topological polar surface area (TPSA) is 93.4 Å². The second-order valence-corrected chi connectivity index (χ2v) is 8.81. The Labute approximate surface area is 171 Å². The number of carbonyl (C=O) groups excluding carboxylic acids is 2. The van der Waals surface area contributed by atoms with Gasteiger partial charge in [0.2, 0.25) is 11.8 Å². The maximum atomic E-state index is 13.2. The molecular formula is C23H29N3O3. The number of fused-ring (bicyclic) bond motifs is 1. The van der Waals surface area contributed by atoms with Gasteiger partial charge in [0, 0.05) is 30.8 Å². The van der Waals surface area contributed by atoms with Crippen LogP contribution in [0.2, 0.25) is 0 Å². The molecule has 2 fully saturated rings. The standard InChI is InChI=1S/C23H29N3O3/c24-13-15-5-8-19(9-6-15)25-22(28)21-12-18-11-20(27)10-7-17(18)14-26(21)23(29)16-3-1-2-4-16/h7,10-11,15-16,19,21,27H,1-6,8-9,12,14H2,(H,25,28). The van der Waals surface area contributed by atoms with E-state index < -0.39 is 6.04 Å². The normalized spacial score (nSPS) is 27.1. The highest BCUT2D eigenvalue weighted by Crippen LogP contribution is 2.32. The van der Waals surface area contributed by atoms with Crippen LogP contribution in [0.4, 0.5) is 0 Å². The zero-order valence-electron chi connectivity index (χ0n) is 16.8. The Morgan fingerprint density at radius 1 is 1.07 bits per heavy atom. The van der Waals surface area contributed by atoms with E-state index in [0.29, 0.717) is 13.0 Å². The Morgan fingerprint density at radius 2 is 1.79 bits per heavy atom. The van der Waals surface area contributed by atoms with E-state index in [9.17, 15) is 14.7 Å². The molecule has 2 aliphatic carbocycles. The minimum atomic E-state index is -0.536. The molecule has 1 heterocycles. The number of amides is 2. The van der Waals surface area contributed by atoms with Crippen molar-refractivity contribution >= 4 is 11.8 Å². The minimum absolute atomic E-state index is 0.0232. The number of phenolic OH excluding ortho intramolecular Hbond substituents is 1. The number of phenols is 1. The number of hydrogen-bond acceptors (Lipinski definition) is 4. The van der Waals surface area contributed by atoms with E-state index in [1.54, 1.807) is 17.0 Å². The largest absolute Gasteiger partial charge is 0.508 e. The number of rotatable bonds is 3. The number of nitriles is 1. The molecule has 154 valence electrons. The zero-order chi connectivity index (χ0) is 20.4. The highest BCUT2D eigenvalue weighted by atomic mass is 16.3. The van der Waals surface area contributed by atoms with Gasteiger partial charge >= 0.3 is 0 Å². The SMILES string of the molecule is N#CC1CCC(NC(=O)C2Cc3cc(O)ccc3CN2C(=O)C2CCCC2)CC1. The number of aromatic hydroxyl groups is 1. The first-order valence-electron chi connectivity index (χ1n) is 10.9. The molecule has 0 radical (unpaired) electrons. The first-order valence-corrected chi connectivity index (χ1v) is 10.9. The van der Waals surface area contributed by atoms with Crippen molar-refractivity contribution in [3.63, 3.8) is 0 Å². The van der Waals surface area contributed by atoms with Gasteiger partial charge in [0.25, 0.3) is 0 Å². The molecule has 2 amide bonds. The summed E-state index contributed by atoms with van der Waals surface area (Å²) in [4.78, 5) is 28.2. The Kier molecular flexibility index (Phi) is 5.75. The van der Waals surface area contributed by atoms with Crippen LogP contribution in [0.5, 0.6) is 5.75 Å². The molecule has 1 aromatic carbocycles. The molecule has 0 saturated heterocycles. The Morgan fingerprint density at radius 3 is 2.48 bits per heavy atom. The third-order valence-electron chi connectivity index (χ3n) is 6.87. The van der Waals surface area contributed by atoms with Crippen LogP contribution in [0.15, 0.2) is 18.2 Å². The van der Waals surface area contributed by atoms with Crippen LogP contribution < -0.4 is 5.32 Å². The van der Waals surface area contributed by atoms with Crippen molar-refractivity contribution in [2.24, 2.45) is 11.8 Å². The number of carbonyl (C=O) groups is 2. The molecule has 1 atom stereocenters. The zero-order valence-corrected chi connectivity index (χ0v) is 16.8. The van der Waals surface area contributed by atoms with E-state index in [1.807, 2.05) is 6.07 Å². The highest BCUT2D eigenvalue weighted by molar-refractivity contribution is 5.89. The van der Waals surface area contributed by atoms with Crippen molar-refractivity contribution in [3.8, 4) is 11.8 Å². The Balaban J connectivity index is 1.51. The Bertz CT molecular complexity index is 817. The summed E-state index contributed by atoms with van der Waals surface area (Å²) in [6.45, 7) is 0.421. The molecule has 0 aromatic heterocycles. The molecule has 4 rings (SSSR count). The molecule has 1 unspecified atom stereocenters. The molecule has 0 spiro atoms. The van der Waals surface area contributed by atoms with Gasteiger partial charge < -0.3 is 15.3 Å². The fraction of sp³-hybridized carbons (Fsp3) is 0.609. The third kappa shape index (κ3) is 4.24. The van der Waals surface area contributed by atoms with Crippen LogP contribution in [0.25, 0.3) is 0 Å². The molecular weight excluding hydrogens is 366 g/mol. The predicted octanol–water partition coefficient (Wildman–Crippen LogP) is 3.03. The van der Waals surface area contributed by atoms with Crippen molar-refractivity contribution < 1.29 is 14.7 Å². The lowest BCUT2D eigenvalue weighted by Crippen LogP contribution is -2.55. The highest BCUT2D eigenvalue weighted by Gasteiger charge is 2.39. The summed E-state index contributed by atoms with van der Waals surface area (Å²) in [5, 5.41) is 22.1. The summed E-state index contributed by atoms with van der Waals surface area (Å²) in [6, 6.07) is 7.07. The minimum Gasteiger partial charge on any atom is -0.508 e. The van der Waals surface area contributed by atoms with E-state index in [-0.39, 0.29) is 35.4 Å². The van der Waals surface area contributed by atoms with Crippen LogP contribution in [-0.4, -0.2) is 33.9 Å². The van der Waals surface area contributed by atoms with Gasteiger partial charge in [0.1, 0.15) is 11.8 Å². The smallest absolute Gasteiger partial charge is 0.243 e. The number of nitrogens with one attached hydrogen (secondary N) is 1. The lowest BCUT2D eigenvalue weighted by Gasteiger charge is -2.38. The van der Waals surface area contributed by atoms with E-state index in [2.05, 4.69) is 11.4 Å². The number of benzene rings is 1. The van der Waals surface area contributed by atoms with Gasteiger partial charge in [-0.05, 0) is 61.8 Å². The number of hydrogen-bond donors (Lipinski definition) is 2. The second kappa shape index (κ2) is 8.44. The van der Waals surface area contributed by atoms with E-state index in [0.717, 1.165) is 62.5 Å². The molecule has 1 aromatic rings. The molecule has 29 heavy (non-hydrogen) atoms. The van der Waals surface area contributed by atoms with E-state index in [1.165, 1.54) is 0 Å². The van der Waals surface area contributed by atoms with E-state index >= 15 is 0 Å². The summed E-state index contributed by atoms with van der Waals surface area (Å²) >= 11 is 0. The summed E-state index contributed by atoms with van der Waals surface area (Å²) < 4.78 is 0. The maximum absolute atomic E-state index is 13.2. The molecule has 2 saturated carbocycles. The molecule has 1 aliphatic heterocycles. The van der Waals surface area contributed by atoms with Crippen LogP contribution in [0, 0.1) is 23.2 Å². The first kappa shape index (κ1) is 19.8. The molecule has 6 nitrogen and oxygen atoms in total. The van der Waals surface area contributed by atoms with Gasteiger partial charge in [-0.3, -0.25) is 9.59 Å². The average Bonchev–Trinajstić information content (AvgIpc) is 3.27. The van der Waals surface area contributed by atoms with Crippen LogP contribution in [0.3, 0.4) is 0 Å². The van der Waals surface area contributed by atoms with Crippen LogP contribution in [0.1, 0.15) is 62.5 Å². The molecule has 2 N–H and O–H groups in total. The predicted molar refractivity (Wildman–Crippen MR) is 108 cm³/mol. The van der Waals surface area contributed by atoms with Gasteiger partial charge in [-0.25, -0.2) is 0 Å². The van der Waals surface area contributed by atoms with Crippen molar-refractivity contribution in [3.05, 3.63) is 29.3 Å². The average molecular weight is 396 g/mol. The van der Waals surface area contributed by atoms with Gasteiger partial charge in [0.15, 0.2) is 0 Å². The monoisotopic (exact) mass is 395 g/mol. The summed E-state index contributed by atoms with van der Waals surface area (Å²) in [5.74, 6) is 0.289. The van der Waals surface area contributed by atoms with Gasteiger partial charge in [-0.2, -0.15) is 5.26 Å². The van der Waals surface area contributed by atoms with Crippen molar-refractivity contribution in [2.45, 2.75) is 76.4 Å². The fourth-order valence-corrected chi connectivity index (χ4v) is 5.11.